The zero-order valence-electron chi connectivity index (χ0n) is 10.1. The van der Waals surface area contributed by atoms with Gasteiger partial charge in [-0.2, -0.15) is 4.98 Å². The van der Waals surface area contributed by atoms with E-state index in [0.29, 0.717) is 37.5 Å². The summed E-state index contributed by atoms with van der Waals surface area (Å²) in [7, 11) is 1.64. The summed E-state index contributed by atoms with van der Waals surface area (Å²) in [6, 6.07) is 0. The molecule has 0 amide bonds. The van der Waals surface area contributed by atoms with Gasteiger partial charge in [-0.1, -0.05) is 5.16 Å². The Balaban J connectivity index is 1.78. The molecule has 17 heavy (non-hydrogen) atoms. The monoisotopic (exact) mass is 242 g/mol. The highest BCUT2D eigenvalue weighted by Crippen LogP contribution is 2.25. The smallest absolute Gasteiger partial charge is 0.230 e. The van der Waals surface area contributed by atoms with Crippen molar-refractivity contribution in [2.45, 2.75) is 25.4 Å². The molecule has 0 spiro atoms. The molecule has 1 aromatic heterocycles. The first-order valence-electron chi connectivity index (χ1n) is 5.87. The van der Waals surface area contributed by atoms with Gasteiger partial charge in [0.15, 0.2) is 5.82 Å². The molecule has 1 aliphatic rings. The lowest BCUT2D eigenvalue weighted by atomic mass is 10.0. The minimum atomic E-state index is 0.337. The summed E-state index contributed by atoms with van der Waals surface area (Å²) in [6.45, 7) is 3.03. The van der Waals surface area contributed by atoms with Crippen molar-refractivity contribution in [2.24, 2.45) is 0 Å². The molecule has 0 bridgehead atoms. The second-order valence-electron chi connectivity index (χ2n) is 3.98. The summed E-state index contributed by atoms with van der Waals surface area (Å²) in [5, 5.41) is 3.90. The van der Waals surface area contributed by atoms with Gasteiger partial charge in [0.2, 0.25) is 5.89 Å². The predicted molar refractivity (Wildman–Crippen MR) is 58.6 cm³/mol. The third kappa shape index (κ3) is 3.76. The van der Waals surface area contributed by atoms with E-state index in [9.17, 15) is 0 Å². The molecule has 1 aliphatic heterocycles. The highest BCUT2D eigenvalue weighted by atomic mass is 16.5. The SMILES string of the molecule is COCCOCc1noc(C2CCOCC2)n1. The standard InChI is InChI=1S/C11H18N2O4/c1-14-6-7-16-8-10-12-11(17-13-10)9-2-4-15-5-3-9/h9H,2-8H2,1H3. The number of hydrogen-bond acceptors (Lipinski definition) is 6. The largest absolute Gasteiger partial charge is 0.382 e. The van der Waals surface area contributed by atoms with Crippen LogP contribution in [0.4, 0.5) is 0 Å². The molecule has 2 rings (SSSR count). The Bertz CT molecular complexity index is 323. The molecule has 1 saturated heterocycles. The fraction of sp³-hybridized carbons (Fsp3) is 0.818. The molecule has 96 valence electrons. The number of methoxy groups -OCH3 is 1. The number of aromatic nitrogens is 2. The molecule has 0 saturated carbocycles. The van der Waals surface area contributed by atoms with E-state index >= 15 is 0 Å². The molecule has 1 aromatic rings. The zero-order chi connectivity index (χ0) is 11.9. The van der Waals surface area contributed by atoms with Crippen LogP contribution in [0.2, 0.25) is 0 Å². The summed E-state index contributed by atoms with van der Waals surface area (Å²) in [5.41, 5.74) is 0. The first-order chi connectivity index (χ1) is 8.40. The minimum Gasteiger partial charge on any atom is -0.382 e. The van der Waals surface area contributed by atoms with E-state index in [-0.39, 0.29) is 0 Å². The lowest BCUT2D eigenvalue weighted by molar-refractivity contribution is 0.0577. The van der Waals surface area contributed by atoms with Crippen molar-refractivity contribution < 1.29 is 18.7 Å². The van der Waals surface area contributed by atoms with Crippen molar-refractivity contribution in [3.8, 4) is 0 Å². The Labute approximate surface area is 100 Å². The summed E-state index contributed by atoms with van der Waals surface area (Å²) in [4.78, 5) is 4.33. The zero-order valence-corrected chi connectivity index (χ0v) is 10.1. The van der Waals surface area contributed by atoms with E-state index in [0.717, 1.165) is 26.1 Å². The van der Waals surface area contributed by atoms with Crippen molar-refractivity contribution in [1.29, 1.82) is 0 Å². The Morgan fingerprint density at radius 2 is 2.12 bits per heavy atom. The molecule has 0 atom stereocenters. The van der Waals surface area contributed by atoms with E-state index in [1.54, 1.807) is 7.11 Å². The first kappa shape index (κ1) is 12.5. The molecule has 6 nitrogen and oxygen atoms in total. The van der Waals surface area contributed by atoms with E-state index < -0.39 is 0 Å². The topological polar surface area (TPSA) is 66.6 Å². The van der Waals surface area contributed by atoms with Crippen LogP contribution in [0.3, 0.4) is 0 Å². The second kappa shape index (κ2) is 6.68. The summed E-state index contributed by atoms with van der Waals surface area (Å²) < 4.78 is 20.7. The molecule has 1 fully saturated rings. The lowest BCUT2D eigenvalue weighted by Gasteiger charge is -2.17. The van der Waals surface area contributed by atoms with Gasteiger partial charge >= 0.3 is 0 Å². The van der Waals surface area contributed by atoms with Crippen molar-refractivity contribution in [3.63, 3.8) is 0 Å². The van der Waals surface area contributed by atoms with Crippen LogP contribution in [-0.2, 0) is 20.8 Å². The van der Waals surface area contributed by atoms with Crippen LogP contribution in [-0.4, -0.2) is 43.7 Å². The quantitative estimate of drug-likeness (QED) is 0.696. The van der Waals surface area contributed by atoms with Crippen LogP contribution in [0.5, 0.6) is 0 Å². The Hall–Kier alpha value is -0.980. The molecule has 0 unspecified atom stereocenters. The van der Waals surface area contributed by atoms with Crippen molar-refractivity contribution >= 4 is 0 Å². The number of rotatable bonds is 6. The number of ether oxygens (including phenoxy) is 3. The normalized spacial score (nSPS) is 17.5. The maximum Gasteiger partial charge on any atom is 0.230 e. The molecule has 6 heteroatoms. The van der Waals surface area contributed by atoms with E-state index in [1.165, 1.54) is 0 Å². The van der Waals surface area contributed by atoms with Crippen LogP contribution >= 0.6 is 0 Å². The van der Waals surface area contributed by atoms with Gasteiger partial charge in [-0.15, -0.1) is 0 Å². The van der Waals surface area contributed by atoms with Crippen LogP contribution < -0.4 is 0 Å². The van der Waals surface area contributed by atoms with Crippen molar-refractivity contribution in [1.82, 2.24) is 10.1 Å². The first-order valence-corrected chi connectivity index (χ1v) is 5.87. The average molecular weight is 242 g/mol. The molecule has 2 heterocycles. The lowest BCUT2D eigenvalue weighted by Crippen LogP contribution is -2.14. The third-order valence-corrected chi connectivity index (χ3v) is 2.72. The fourth-order valence-electron chi connectivity index (χ4n) is 1.74. The summed E-state index contributed by atoms with van der Waals surface area (Å²) in [5.74, 6) is 1.64. The van der Waals surface area contributed by atoms with Crippen LogP contribution in [0.15, 0.2) is 4.52 Å². The van der Waals surface area contributed by atoms with Gasteiger partial charge in [0.05, 0.1) is 13.2 Å². The van der Waals surface area contributed by atoms with Gasteiger partial charge in [0.1, 0.15) is 6.61 Å². The Kier molecular flexibility index (Phi) is 4.90. The highest BCUT2D eigenvalue weighted by Gasteiger charge is 2.21. The predicted octanol–water partition coefficient (Wildman–Crippen LogP) is 1.13. The molecular weight excluding hydrogens is 224 g/mol. The second-order valence-corrected chi connectivity index (χ2v) is 3.98. The third-order valence-electron chi connectivity index (χ3n) is 2.72. The van der Waals surface area contributed by atoms with Gasteiger partial charge in [-0.05, 0) is 12.8 Å². The summed E-state index contributed by atoms with van der Waals surface area (Å²) in [6.07, 6.45) is 1.90. The van der Waals surface area contributed by atoms with Crippen molar-refractivity contribution in [3.05, 3.63) is 11.7 Å². The molecule has 0 radical (unpaired) electrons. The van der Waals surface area contributed by atoms with Gasteiger partial charge in [0, 0.05) is 26.2 Å². The van der Waals surface area contributed by atoms with Crippen molar-refractivity contribution in [2.75, 3.05) is 33.5 Å². The van der Waals surface area contributed by atoms with E-state index in [4.69, 9.17) is 18.7 Å². The number of hydrogen-bond donors (Lipinski definition) is 0. The van der Waals surface area contributed by atoms with Crippen LogP contribution in [0.25, 0.3) is 0 Å². The average Bonchev–Trinajstić information content (AvgIpc) is 2.85. The van der Waals surface area contributed by atoms with Gasteiger partial charge < -0.3 is 18.7 Å². The van der Waals surface area contributed by atoms with Crippen LogP contribution in [0, 0.1) is 0 Å². The highest BCUT2D eigenvalue weighted by molar-refractivity contribution is 4.94. The molecule has 0 N–H and O–H groups in total. The van der Waals surface area contributed by atoms with Crippen LogP contribution in [0.1, 0.15) is 30.5 Å². The summed E-state index contributed by atoms with van der Waals surface area (Å²) >= 11 is 0. The molecule has 0 aromatic carbocycles. The Morgan fingerprint density at radius 1 is 1.29 bits per heavy atom. The molecular formula is C11H18N2O4. The number of nitrogens with zero attached hydrogens (tertiary/aromatic N) is 2. The molecule has 0 aliphatic carbocycles. The van der Waals surface area contributed by atoms with Gasteiger partial charge in [-0.3, -0.25) is 0 Å². The van der Waals surface area contributed by atoms with Gasteiger partial charge in [0.25, 0.3) is 0 Å². The van der Waals surface area contributed by atoms with Gasteiger partial charge in [-0.25, -0.2) is 0 Å². The Morgan fingerprint density at radius 3 is 2.88 bits per heavy atom. The maximum atomic E-state index is 5.33. The minimum absolute atomic E-state index is 0.337. The maximum absolute atomic E-state index is 5.33. The van der Waals surface area contributed by atoms with E-state index in [2.05, 4.69) is 10.1 Å². The van der Waals surface area contributed by atoms with E-state index in [1.807, 2.05) is 0 Å². The fourth-order valence-corrected chi connectivity index (χ4v) is 1.74.